The van der Waals surface area contributed by atoms with Crippen molar-refractivity contribution in [3.05, 3.63) is 4.91 Å². The summed E-state index contributed by atoms with van der Waals surface area (Å²) in [7, 11) is 1.41. The van der Waals surface area contributed by atoms with Crippen LogP contribution < -0.4 is 0 Å². The normalized spacial score (nSPS) is 28.2. The van der Waals surface area contributed by atoms with E-state index in [1.807, 2.05) is 0 Å². The van der Waals surface area contributed by atoms with E-state index < -0.39 is 30.6 Å². The first-order valence-corrected chi connectivity index (χ1v) is 7.13. The summed E-state index contributed by atoms with van der Waals surface area (Å²) in [5, 5.41) is 32.3. The van der Waals surface area contributed by atoms with Crippen LogP contribution in [0.3, 0.4) is 0 Å². The maximum atomic E-state index is 12.3. The highest BCUT2D eigenvalue weighted by Gasteiger charge is 2.43. The first kappa shape index (κ1) is 19.0. The van der Waals surface area contributed by atoms with Crippen LogP contribution in [0.25, 0.3) is 0 Å². The van der Waals surface area contributed by atoms with Crippen molar-refractivity contribution in [3.8, 4) is 0 Å². The summed E-state index contributed by atoms with van der Waals surface area (Å²) < 4.78 is 10.1. The van der Waals surface area contributed by atoms with Crippen LogP contribution in [-0.4, -0.2) is 95.1 Å². The number of carbonyl (C=O) groups is 1. The fourth-order valence-electron chi connectivity index (χ4n) is 1.99. The number of aliphatic hydroxyl groups excluding tert-OH is 3. The van der Waals surface area contributed by atoms with Gasteiger partial charge in [0.15, 0.2) is 6.23 Å². The van der Waals surface area contributed by atoms with Crippen molar-refractivity contribution < 1.29 is 29.6 Å². The number of carbonyl (C=O) groups excluding carboxylic acids is 1. The van der Waals surface area contributed by atoms with Gasteiger partial charge in [-0.3, -0.25) is 4.90 Å². The van der Waals surface area contributed by atoms with E-state index in [0.717, 1.165) is 4.90 Å². The molecule has 4 atom stereocenters. The molecule has 0 spiro atoms. The molecule has 128 valence electrons. The number of hydrogen-bond acceptors (Lipinski definition) is 8. The lowest BCUT2D eigenvalue weighted by Gasteiger charge is -2.41. The molecule has 10 nitrogen and oxygen atoms in total. The van der Waals surface area contributed by atoms with Crippen LogP contribution in [0.4, 0.5) is 4.79 Å². The molecule has 1 saturated heterocycles. The highest BCUT2D eigenvalue weighted by molar-refractivity contribution is 6.18. The Balaban J connectivity index is 2.91. The van der Waals surface area contributed by atoms with Gasteiger partial charge in [-0.15, -0.1) is 16.5 Å². The van der Waals surface area contributed by atoms with E-state index in [1.54, 1.807) is 0 Å². The molecule has 1 rings (SSSR count). The van der Waals surface area contributed by atoms with E-state index in [9.17, 15) is 25.0 Å². The van der Waals surface area contributed by atoms with Gasteiger partial charge in [0, 0.05) is 19.5 Å². The first-order valence-electron chi connectivity index (χ1n) is 6.60. The van der Waals surface area contributed by atoms with Gasteiger partial charge >= 0.3 is 6.03 Å². The number of ether oxygens (including phenoxy) is 2. The molecule has 1 unspecified atom stereocenters. The maximum absolute atomic E-state index is 12.3. The predicted molar refractivity (Wildman–Crippen MR) is 75.0 cm³/mol. The smallest absolute Gasteiger partial charge is 0.345 e. The van der Waals surface area contributed by atoms with Crippen molar-refractivity contribution in [3.63, 3.8) is 0 Å². The molecule has 11 heteroatoms. The summed E-state index contributed by atoms with van der Waals surface area (Å²) in [5.74, 6) is -0.00891. The summed E-state index contributed by atoms with van der Waals surface area (Å²) >= 11 is 5.50. The fourth-order valence-corrected chi connectivity index (χ4v) is 2.15. The number of hydrogen-bond donors (Lipinski definition) is 3. The summed E-state index contributed by atoms with van der Waals surface area (Å²) in [6.45, 7) is -0.316. The Hall–Kier alpha value is -1.04. The van der Waals surface area contributed by atoms with Crippen molar-refractivity contribution in [2.24, 2.45) is 5.29 Å². The van der Waals surface area contributed by atoms with Crippen molar-refractivity contribution in [2.45, 2.75) is 24.5 Å². The number of nitrogens with zero attached hydrogens (tertiary/aromatic N) is 3. The third-order valence-corrected chi connectivity index (χ3v) is 3.35. The lowest BCUT2D eigenvalue weighted by Crippen LogP contribution is -2.62. The third-order valence-electron chi connectivity index (χ3n) is 3.18. The van der Waals surface area contributed by atoms with Gasteiger partial charge in [0.1, 0.15) is 18.3 Å². The van der Waals surface area contributed by atoms with Gasteiger partial charge in [-0.1, -0.05) is 0 Å². The van der Waals surface area contributed by atoms with Crippen LogP contribution in [-0.2, 0) is 9.47 Å². The minimum atomic E-state index is -1.55. The Kier molecular flexibility index (Phi) is 7.93. The second kappa shape index (κ2) is 9.18. The van der Waals surface area contributed by atoms with Crippen LogP contribution in [0.15, 0.2) is 5.29 Å². The zero-order chi connectivity index (χ0) is 16.7. The molecule has 0 aromatic carbocycles. The molecule has 3 N–H and O–H groups in total. The van der Waals surface area contributed by atoms with E-state index in [0.29, 0.717) is 5.01 Å². The molecule has 1 heterocycles. The monoisotopic (exact) mass is 341 g/mol. The van der Waals surface area contributed by atoms with Crippen LogP contribution in [0.1, 0.15) is 0 Å². The number of amides is 2. The average Bonchev–Trinajstić information content (AvgIpc) is 2.52. The molecule has 22 heavy (non-hydrogen) atoms. The SMILES string of the molecule is COCCN(C(=O)N(CCCl)N=O)C1OC[C@@H](O)[C@H](O)[C@H]1O. The lowest BCUT2D eigenvalue weighted by molar-refractivity contribution is -0.221. The standard InChI is InChI=1S/C11H20ClN3O7/c1-21-5-4-14(11(19)15(13-20)3-2-12)10-9(18)8(17)7(16)6-22-10/h7-10,16-18H,2-6H2,1H3/t7-,8+,9-,10?/m1/s1. The molecule has 0 saturated carbocycles. The van der Waals surface area contributed by atoms with Crippen molar-refractivity contribution >= 4 is 17.6 Å². The van der Waals surface area contributed by atoms with Crippen LogP contribution in [0.2, 0.25) is 0 Å². The quantitative estimate of drug-likeness (QED) is 0.298. The average molecular weight is 342 g/mol. The number of rotatable bonds is 7. The van der Waals surface area contributed by atoms with Gasteiger partial charge in [0.2, 0.25) is 0 Å². The number of aliphatic hydroxyl groups is 3. The number of methoxy groups -OCH3 is 1. The summed E-state index contributed by atoms with van der Waals surface area (Å²) in [4.78, 5) is 24.1. The van der Waals surface area contributed by atoms with Gasteiger partial charge in [0.25, 0.3) is 0 Å². The van der Waals surface area contributed by atoms with Gasteiger partial charge < -0.3 is 24.8 Å². The first-order chi connectivity index (χ1) is 10.5. The molecule has 1 aliphatic heterocycles. The minimum Gasteiger partial charge on any atom is -0.388 e. The van der Waals surface area contributed by atoms with E-state index in [1.165, 1.54) is 7.11 Å². The molecule has 1 aliphatic rings. The molecule has 1 fully saturated rings. The highest BCUT2D eigenvalue weighted by atomic mass is 35.5. The minimum absolute atomic E-state index is 0.00891. The third kappa shape index (κ3) is 4.48. The van der Waals surface area contributed by atoms with Crippen molar-refractivity contribution in [1.82, 2.24) is 9.91 Å². The number of alkyl halides is 1. The number of urea groups is 1. The zero-order valence-corrected chi connectivity index (χ0v) is 12.8. The Labute approximate surface area is 132 Å². The van der Waals surface area contributed by atoms with Gasteiger partial charge in [-0.25, -0.2) is 4.79 Å². The highest BCUT2D eigenvalue weighted by Crippen LogP contribution is 2.20. The lowest BCUT2D eigenvalue weighted by atomic mass is 10.0. The van der Waals surface area contributed by atoms with Crippen molar-refractivity contribution in [1.29, 1.82) is 0 Å². The Morgan fingerprint density at radius 1 is 1.36 bits per heavy atom. The summed E-state index contributed by atoms with van der Waals surface area (Å²) in [5.41, 5.74) is 0. The van der Waals surface area contributed by atoms with Gasteiger partial charge in [-0.05, 0) is 0 Å². The van der Waals surface area contributed by atoms with Crippen LogP contribution >= 0.6 is 11.6 Å². The van der Waals surface area contributed by atoms with E-state index >= 15 is 0 Å². The second-order valence-electron chi connectivity index (χ2n) is 4.63. The maximum Gasteiger partial charge on any atom is 0.345 e. The Morgan fingerprint density at radius 3 is 2.59 bits per heavy atom. The van der Waals surface area contributed by atoms with E-state index in [4.69, 9.17) is 21.1 Å². The van der Waals surface area contributed by atoms with E-state index in [2.05, 4.69) is 5.29 Å². The number of nitroso groups, excluding NO2 is 1. The van der Waals surface area contributed by atoms with E-state index in [-0.39, 0.29) is 32.2 Å². The summed E-state index contributed by atoms with van der Waals surface area (Å²) in [6, 6.07) is -0.847. The second-order valence-corrected chi connectivity index (χ2v) is 5.01. The molecular formula is C11H20ClN3O7. The Morgan fingerprint density at radius 2 is 2.05 bits per heavy atom. The largest absolute Gasteiger partial charge is 0.388 e. The molecule has 0 radical (unpaired) electrons. The van der Waals surface area contributed by atoms with Crippen LogP contribution in [0.5, 0.6) is 0 Å². The molecule has 0 aromatic heterocycles. The number of halogens is 1. The molecule has 0 aromatic rings. The zero-order valence-electron chi connectivity index (χ0n) is 12.0. The molecular weight excluding hydrogens is 322 g/mol. The van der Waals surface area contributed by atoms with Gasteiger partial charge in [-0.2, -0.15) is 5.01 Å². The van der Waals surface area contributed by atoms with Crippen LogP contribution in [0, 0.1) is 4.91 Å². The molecule has 0 aliphatic carbocycles. The molecule has 2 amide bonds. The molecule has 0 bridgehead atoms. The topological polar surface area (TPSA) is 132 Å². The van der Waals surface area contributed by atoms with Gasteiger partial charge in [0.05, 0.1) is 25.0 Å². The van der Waals surface area contributed by atoms with Crippen molar-refractivity contribution in [2.75, 3.05) is 39.3 Å². The Bertz CT molecular complexity index is 376. The fraction of sp³-hybridized carbons (Fsp3) is 0.909. The summed E-state index contributed by atoms with van der Waals surface area (Å²) in [6.07, 6.45) is -5.55. The predicted octanol–water partition coefficient (Wildman–Crippen LogP) is -1.28.